The molecule has 27 heavy (non-hydrogen) atoms. The molecule has 0 bridgehead atoms. The Hall–Kier alpha value is -2.77. The van der Waals surface area contributed by atoms with Gasteiger partial charge in [-0.15, -0.1) is 10.2 Å². The lowest BCUT2D eigenvalue weighted by atomic mass is 10.2. The van der Waals surface area contributed by atoms with Gasteiger partial charge >= 0.3 is 0 Å². The monoisotopic (exact) mass is 370 g/mol. The molecular formula is C19H26N6O2. The van der Waals surface area contributed by atoms with Gasteiger partial charge in [0, 0.05) is 37.7 Å². The molecule has 0 atom stereocenters. The number of nitrogens with one attached hydrogen (secondary N) is 2. The third kappa shape index (κ3) is 4.15. The Balaban J connectivity index is 1.48. The molecule has 0 saturated heterocycles. The number of aliphatic imine (C=N–C) groups is 1. The van der Waals surface area contributed by atoms with Gasteiger partial charge < -0.3 is 24.7 Å². The van der Waals surface area contributed by atoms with Crippen molar-refractivity contribution in [2.24, 2.45) is 4.99 Å². The van der Waals surface area contributed by atoms with Crippen LogP contribution in [-0.2, 0) is 19.5 Å². The average Bonchev–Trinajstić information content (AvgIpc) is 2.95. The molecule has 0 fully saturated rings. The summed E-state index contributed by atoms with van der Waals surface area (Å²) in [7, 11) is 0. The molecule has 4 rings (SSSR count). The van der Waals surface area contributed by atoms with Crippen LogP contribution < -0.4 is 20.1 Å². The number of aryl methyl sites for hydroxylation is 1. The average molecular weight is 370 g/mol. The maximum absolute atomic E-state index is 5.76. The van der Waals surface area contributed by atoms with Gasteiger partial charge in [0.1, 0.15) is 12.4 Å². The Morgan fingerprint density at radius 3 is 2.93 bits per heavy atom. The van der Waals surface area contributed by atoms with Crippen LogP contribution in [0.1, 0.15) is 37.8 Å². The van der Waals surface area contributed by atoms with Gasteiger partial charge in [0.2, 0.25) is 0 Å². The fraction of sp³-hybridized carbons (Fsp3) is 0.526. The molecule has 0 amide bonds. The summed E-state index contributed by atoms with van der Waals surface area (Å²) >= 11 is 0. The summed E-state index contributed by atoms with van der Waals surface area (Å²) < 4.78 is 13.7. The second-order valence-corrected chi connectivity index (χ2v) is 6.67. The predicted octanol–water partition coefficient (Wildman–Crippen LogP) is 2.35. The summed E-state index contributed by atoms with van der Waals surface area (Å²) in [6.07, 6.45) is 4.27. The third-order valence-electron chi connectivity index (χ3n) is 4.67. The molecule has 0 radical (unpaired) electrons. The summed E-state index contributed by atoms with van der Waals surface area (Å²) in [5.41, 5.74) is 0.905. The second-order valence-electron chi connectivity index (χ2n) is 6.67. The Morgan fingerprint density at radius 1 is 1.15 bits per heavy atom. The van der Waals surface area contributed by atoms with E-state index in [-0.39, 0.29) is 0 Å². The van der Waals surface area contributed by atoms with Crippen LogP contribution in [0.25, 0.3) is 0 Å². The number of rotatable bonds is 4. The summed E-state index contributed by atoms with van der Waals surface area (Å²) in [5.74, 6) is 4.25. The van der Waals surface area contributed by atoms with E-state index in [1.807, 2.05) is 25.1 Å². The number of guanidine groups is 1. The summed E-state index contributed by atoms with van der Waals surface area (Å²) in [6.45, 7) is 5.65. The van der Waals surface area contributed by atoms with Gasteiger partial charge in [-0.2, -0.15) is 0 Å². The van der Waals surface area contributed by atoms with E-state index >= 15 is 0 Å². The molecule has 2 aliphatic heterocycles. The lowest BCUT2D eigenvalue weighted by Crippen LogP contribution is -2.30. The number of ether oxygens (including phenoxy) is 2. The van der Waals surface area contributed by atoms with Crippen LogP contribution in [0, 0.1) is 0 Å². The minimum Gasteiger partial charge on any atom is -0.490 e. The largest absolute Gasteiger partial charge is 0.490 e. The number of fused-ring (bicyclic) bond motifs is 2. The molecule has 2 N–H and O–H groups in total. The number of anilines is 1. The summed E-state index contributed by atoms with van der Waals surface area (Å²) in [5, 5.41) is 15.2. The lowest BCUT2D eigenvalue weighted by Gasteiger charge is -2.15. The molecule has 3 heterocycles. The first-order chi connectivity index (χ1) is 13.3. The van der Waals surface area contributed by atoms with E-state index in [1.54, 1.807) is 0 Å². The SMILES string of the molecule is CCNC(=NCc1nnc2n1CCCC2)Nc1ccc2c(c1)OCCCO2. The van der Waals surface area contributed by atoms with Gasteiger partial charge in [0.25, 0.3) is 0 Å². The van der Waals surface area contributed by atoms with Gasteiger partial charge in [-0.05, 0) is 31.9 Å². The number of hydrogen-bond acceptors (Lipinski definition) is 5. The first kappa shape index (κ1) is 17.6. The molecular weight excluding hydrogens is 344 g/mol. The molecule has 0 spiro atoms. The van der Waals surface area contributed by atoms with Gasteiger partial charge in [-0.1, -0.05) is 0 Å². The van der Waals surface area contributed by atoms with Gasteiger partial charge in [-0.25, -0.2) is 4.99 Å². The Kier molecular flexibility index (Phi) is 5.41. The van der Waals surface area contributed by atoms with Crippen LogP contribution in [-0.4, -0.2) is 40.5 Å². The zero-order valence-corrected chi connectivity index (χ0v) is 15.7. The third-order valence-corrected chi connectivity index (χ3v) is 4.67. The molecule has 0 aliphatic carbocycles. The van der Waals surface area contributed by atoms with Gasteiger partial charge in [0.15, 0.2) is 23.3 Å². The molecule has 8 heteroatoms. The lowest BCUT2D eigenvalue weighted by molar-refractivity contribution is 0.297. The van der Waals surface area contributed by atoms with Crippen molar-refractivity contribution in [2.75, 3.05) is 25.1 Å². The highest BCUT2D eigenvalue weighted by Gasteiger charge is 2.15. The van der Waals surface area contributed by atoms with Gasteiger partial charge in [0.05, 0.1) is 13.2 Å². The van der Waals surface area contributed by atoms with E-state index in [2.05, 4.69) is 30.4 Å². The number of hydrogen-bond donors (Lipinski definition) is 2. The molecule has 1 aromatic heterocycles. The van der Waals surface area contributed by atoms with Crippen molar-refractivity contribution in [3.8, 4) is 11.5 Å². The quantitative estimate of drug-likeness (QED) is 0.635. The molecule has 144 valence electrons. The fourth-order valence-electron chi connectivity index (χ4n) is 3.32. The van der Waals surface area contributed by atoms with Crippen LogP contribution >= 0.6 is 0 Å². The summed E-state index contributed by atoms with van der Waals surface area (Å²) in [6, 6.07) is 5.85. The smallest absolute Gasteiger partial charge is 0.196 e. The standard InChI is InChI=1S/C19H26N6O2/c1-2-20-19(21-13-18-24-23-17-6-3-4-9-25(17)18)22-14-7-8-15-16(12-14)27-11-5-10-26-15/h7-8,12H,2-6,9-11,13H2,1H3,(H2,20,21,22). The minimum atomic E-state index is 0.493. The molecule has 8 nitrogen and oxygen atoms in total. The highest BCUT2D eigenvalue weighted by Crippen LogP contribution is 2.32. The fourth-order valence-corrected chi connectivity index (χ4v) is 3.32. The minimum absolute atomic E-state index is 0.493. The molecule has 0 saturated carbocycles. The van der Waals surface area contributed by atoms with Crippen molar-refractivity contribution in [1.29, 1.82) is 0 Å². The van der Waals surface area contributed by atoms with Crippen molar-refractivity contribution in [2.45, 2.75) is 45.7 Å². The zero-order chi connectivity index (χ0) is 18.5. The Labute approximate surface area is 159 Å². The van der Waals surface area contributed by atoms with Crippen LogP contribution in [0.5, 0.6) is 11.5 Å². The zero-order valence-electron chi connectivity index (χ0n) is 15.7. The molecule has 1 aromatic carbocycles. The number of aromatic nitrogens is 3. The van der Waals surface area contributed by atoms with Crippen molar-refractivity contribution < 1.29 is 9.47 Å². The van der Waals surface area contributed by atoms with Crippen molar-refractivity contribution >= 4 is 11.6 Å². The van der Waals surface area contributed by atoms with Crippen molar-refractivity contribution in [3.05, 3.63) is 29.8 Å². The van der Waals surface area contributed by atoms with E-state index in [0.717, 1.165) is 54.8 Å². The highest BCUT2D eigenvalue weighted by molar-refractivity contribution is 5.93. The maximum atomic E-state index is 5.76. The van der Waals surface area contributed by atoms with Gasteiger partial charge in [-0.3, -0.25) is 0 Å². The van der Waals surface area contributed by atoms with Crippen molar-refractivity contribution in [1.82, 2.24) is 20.1 Å². The summed E-state index contributed by atoms with van der Waals surface area (Å²) in [4.78, 5) is 4.69. The molecule has 2 aromatic rings. The van der Waals surface area contributed by atoms with Crippen LogP contribution in [0.15, 0.2) is 23.2 Å². The topological polar surface area (TPSA) is 85.6 Å². The van der Waals surface area contributed by atoms with Crippen LogP contribution in [0.4, 0.5) is 5.69 Å². The van der Waals surface area contributed by atoms with E-state index in [4.69, 9.17) is 9.47 Å². The maximum Gasteiger partial charge on any atom is 0.196 e. The van der Waals surface area contributed by atoms with E-state index < -0.39 is 0 Å². The molecule has 2 aliphatic rings. The number of nitrogens with zero attached hydrogens (tertiary/aromatic N) is 4. The molecule has 0 unspecified atom stereocenters. The first-order valence-electron chi connectivity index (χ1n) is 9.69. The number of benzene rings is 1. The van der Waals surface area contributed by atoms with E-state index in [1.165, 1.54) is 12.8 Å². The predicted molar refractivity (Wildman–Crippen MR) is 103 cm³/mol. The van der Waals surface area contributed by atoms with Crippen LogP contribution in [0.3, 0.4) is 0 Å². The highest BCUT2D eigenvalue weighted by atomic mass is 16.5. The second kappa shape index (κ2) is 8.28. The van der Waals surface area contributed by atoms with E-state index in [0.29, 0.717) is 25.7 Å². The van der Waals surface area contributed by atoms with Crippen LogP contribution in [0.2, 0.25) is 0 Å². The van der Waals surface area contributed by atoms with E-state index in [9.17, 15) is 0 Å². The normalized spacial score (nSPS) is 16.4. The Morgan fingerprint density at radius 2 is 2.04 bits per heavy atom. The first-order valence-corrected chi connectivity index (χ1v) is 9.69. The Bertz CT molecular complexity index is 817. The van der Waals surface area contributed by atoms with Crippen molar-refractivity contribution in [3.63, 3.8) is 0 Å².